The normalized spacial score (nSPS) is 13.9. The van der Waals surface area contributed by atoms with Crippen molar-refractivity contribution in [2.45, 2.75) is 31.9 Å². The van der Waals surface area contributed by atoms with Gasteiger partial charge < -0.3 is 0 Å². The third-order valence-electron chi connectivity index (χ3n) is 1.01. The van der Waals surface area contributed by atoms with E-state index < -0.39 is 0 Å². The van der Waals surface area contributed by atoms with Crippen LogP contribution in [0.15, 0.2) is 0 Å². The number of hydrogen-bond donors (Lipinski definition) is 0. The molecule has 1 atom stereocenters. The van der Waals surface area contributed by atoms with Crippen LogP contribution in [0.2, 0.25) is 0 Å². The lowest BCUT2D eigenvalue weighted by Crippen LogP contribution is -1.93. The molecule has 8 heavy (non-hydrogen) atoms. The van der Waals surface area contributed by atoms with Crippen LogP contribution >= 0.6 is 11.8 Å². The topological polar surface area (TPSA) is 0 Å². The average Bonchev–Trinajstić information content (AvgIpc) is 1.83. The zero-order valence-corrected chi connectivity index (χ0v) is 6.63. The smallest absolute Gasteiger partial charge is 0.00187 e. The monoisotopic (exact) mass is 131 g/mol. The second-order valence-electron chi connectivity index (χ2n) is 1.97. The van der Waals surface area contributed by atoms with Gasteiger partial charge in [-0.2, -0.15) is 11.8 Å². The highest BCUT2D eigenvalue weighted by atomic mass is 32.2. The third-order valence-corrected chi connectivity index (χ3v) is 2.46. The van der Waals surface area contributed by atoms with Crippen LogP contribution in [-0.4, -0.2) is 11.0 Å². The molecule has 49 valence electrons. The summed E-state index contributed by atoms with van der Waals surface area (Å²) in [4.78, 5) is 0. The average molecular weight is 131 g/mol. The third kappa shape index (κ3) is 4.51. The Labute approximate surface area is 57.1 Å². The molecule has 0 aromatic rings. The van der Waals surface area contributed by atoms with Crippen molar-refractivity contribution in [1.29, 1.82) is 0 Å². The molecule has 0 fully saturated rings. The van der Waals surface area contributed by atoms with Crippen LogP contribution in [0.4, 0.5) is 0 Å². The minimum atomic E-state index is 0.759. The maximum Gasteiger partial charge on any atom is 0.00187 e. The Bertz CT molecular complexity index is 43.7. The van der Waals surface area contributed by atoms with E-state index in [1.165, 1.54) is 12.2 Å². The fourth-order valence-corrected chi connectivity index (χ4v) is 1.21. The Morgan fingerprint density at radius 2 is 2.25 bits per heavy atom. The van der Waals surface area contributed by atoms with Gasteiger partial charge in [-0.3, -0.25) is 0 Å². The molecule has 0 rings (SSSR count). The van der Waals surface area contributed by atoms with Gasteiger partial charge in [0.2, 0.25) is 0 Å². The van der Waals surface area contributed by atoms with E-state index in [0.29, 0.717) is 0 Å². The highest BCUT2D eigenvalue weighted by molar-refractivity contribution is 7.99. The van der Waals surface area contributed by atoms with Gasteiger partial charge in [0.1, 0.15) is 0 Å². The maximum absolute atomic E-state index is 3.82. The van der Waals surface area contributed by atoms with Crippen molar-refractivity contribution in [3.63, 3.8) is 0 Å². The Morgan fingerprint density at radius 1 is 1.62 bits per heavy atom. The van der Waals surface area contributed by atoms with Crippen molar-refractivity contribution in [1.82, 2.24) is 0 Å². The van der Waals surface area contributed by atoms with Crippen LogP contribution in [0.5, 0.6) is 0 Å². The second kappa shape index (κ2) is 5.49. The van der Waals surface area contributed by atoms with Gasteiger partial charge in [-0.25, -0.2) is 0 Å². The molecule has 0 aromatic carbocycles. The minimum Gasteiger partial charge on any atom is -0.159 e. The lowest BCUT2D eigenvalue weighted by atomic mass is 10.4. The quantitative estimate of drug-likeness (QED) is 0.565. The second-order valence-corrected chi connectivity index (χ2v) is 3.52. The Hall–Kier alpha value is 0.350. The van der Waals surface area contributed by atoms with Gasteiger partial charge in [0.05, 0.1) is 0 Å². The first-order valence-electron chi connectivity index (χ1n) is 3.22. The molecule has 0 bridgehead atoms. The van der Waals surface area contributed by atoms with E-state index in [1.54, 1.807) is 0 Å². The summed E-state index contributed by atoms with van der Waals surface area (Å²) in [6.07, 6.45) is 2.35. The first-order valence-corrected chi connectivity index (χ1v) is 4.27. The molecule has 1 heteroatoms. The van der Waals surface area contributed by atoms with Gasteiger partial charge in [0.15, 0.2) is 0 Å². The summed E-state index contributed by atoms with van der Waals surface area (Å²) in [5.74, 6) is 1.29. The summed E-state index contributed by atoms with van der Waals surface area (Å²) < 4.78 is 0. The summed E-state index contributed by atoms with van der Waals surface area (Å²) >= 11 is 2.01. The highest BCUT2D eigenvalue weighted by Gasteiger charge is 1.94. The van der Waals surface area contributed by atoms with Crippen molar-refractivity contribution < 1.29 is 0 Å². The molecular formula is C7H15S. The lowest BCUT2D eigenvalue weighted by molar-refractivity contribution is 0.970. The molecule has 0 aliphatic rings. The standard InChI is InChI=1S/C7H15S/c1-4-6-8-7(3)5-2/h7H,2,4-6H2,1,3H3. The van der Waals surface area contributed by atoms with E-state index in [9.17, 15) is 0 Å². The van der Waals surface area contributed by atoms with Crippen molar-refractivity contribution >= 4 is 11.8 Å². The highest BCUT2D eigenvalue weighted by Crippen LogP contribution is 2.13. The van der Waals surface area contributed by atoms with Crippen molar-refractivity contribution in [2.75, 3.05) is 5.75 Å². The summed E-state index contributed by atoms with van der Waals surface area (Å²) in [6, 6.07) is 0. The van der Waals surface area contributed by atoms with Crippen LogP contribution < -0.4 is 0 Å². The molecule has 1 radical (unpaired) electrons. The largest absolute Gasteiger partial charge is 0.159 e. The first kappa shape index (κ1) is 8.35. The SMILES string of the molecule is [CH2]CC(C)SCCC. The first-order chi connectivity index (χ1) is 3.81. The molecule has 0 amide bonds. The van der Waals surface area contributed by atoms with Crippen molar-refractivity contribution in [2.24, 2.45) is 0 Å². The summed E-state index contributed by atoms with van der Waals surface area (Å²) in [5.41, 5.74) is 0. The van der Waals surface area contributed by atoms with Gasteiger partial charge in [-0.05, 0) is 18.6 Å². The lowest BCUT2D eigenvalue weighted by Gasteiger charge is -2.04. The molecule has 0 aliphatic carbocycles. The zero-order chi connectivity index (χ0) is 6.41. The summed E-state index contributed by atoms with van der Waals surface area (Å²) in [7, 11) is 0. The molecule has 1 unspecified atom stereocenters. The Kier molecular flexibility index (Phi) is 5.73. The fraction of sp³-hybridized carbons (Fsp3) is 0.857. The summed E-state index contributed by atoms with van der Waals surface area (Å²) in [6.45, 7) is 8.26. The van der Waals surface area contributed by atoms with Gasteiger partial charge in [-0.1, -0.05) is 20.8 Å². The number of rotatable bonds is 4. The molecule has 0 N–H and O–H groups in total. The summed E-state index contributed by atoms with van der Waals surface area (Å²) in [5, 5.41) is 0.759. The molecule has 0 aromatic heterocycles. The molecule has 0 nitrogen and oxygen atoms in total. The molecule has 0 heterocycles. The van der Waals surface area contributed by atoms with Gasteiger partial charge in [0, 0.05) is 5.25 Å². The molecule has 0 saturated heterocycles. The molecular weight excluding hydrogens is 116 g/mol. The fourth-order valence-electron chi connectivity index (χ4n) is 0.402. The number of hydrogen-bond acceptors (Lipinski definition) is 1. The van der Waals surface area contributed by atoms with Crippen LogP contribution in [0.25, 0.3) is 0 Å². The Morgan fingerprint density at radius 3 is 2.62 bits per heavy atom. The van der Waals surface area contributed by atoms with Gasteiger partial charge in [0.25, 0.3) is 0 Å². The number of thioether (sulfide) groups is 1. The molecule has 0 saturated carbocycles. The van der Waals surface area contributed by atoms with Crippen LogP contribution in [-0.2, 0) is 0 Å². The van der Waals surface area contributed by atoms with E-state index in [2.05, 4.69) is 20.8 Å². The molecule has 0 aliphatic heterocycles. The van der Waals surface area contributed by atoms with E-state index in [4.69, 9.17) is 0 Å². The van der Waals surface area contributed by atoms with Gasteiger partial charge in [-0.15, -0.1) is 0 Å². The maximum atomic E-state index is 3.82. The molecule has 0 spiro atoms. The van der Waals surface area contributed by atoms with Crippen molar-refractivity contribution in [3.05, 3.63) is 6.92 Å². The predicted octanol–water partition coefficient (Wildman–Crippen LogP) is 2.74. The zero-order valence-electron chi connectivity index (χ0n) is 5.81. The Balaban J connectivity index is 2.86. The van der Waals surface area contributed by atoms with Crippen LogP contribution in [0.1, 0.15) is 26.7 Å². The van der Waals surface area contributed by atoms with Crippen LogP contribution in [0, 0.1) is 6.92 Å². The van der Waals surface area contributed by atoms with E-state index in [0.717, 1.165) is 11.7 Å². The van der Waals surface area contributed by atoms with Crippen LogP contribution in [0.3, 0.4) is 0 Å². The van der Waals surface area contributed by atoms with Crippen molar-refractivity contribution in [3.8, 4) is 0 Å². The predicted molar refractivity (Wildman–Crippen MR) is 42.2 cm³/mol. The van der Waals surface area contributed by atoms with Gasteiger partial charge >= 0.3 is 0 Å². The van der Waals surface area contributed by atoms with E-state index >= 15 is 0 Å². The van der Waals surface area contributed by atoms with E-state index in [-0.39, 0.29) is 0 Å². The van der Waals surface area contributed by atoms with E-state index in [1.807, 2.05) is 11.8 Å². The minimum absolute atomic E-state index is 0.759.